The largest absolute Gasteiger partial charge is 0.507 e. The van der Waals surface area contributed by atoms with Crippen LogP contribution in [0, 0.1) is 13.8 Å². The number of hydrogen-bond acceptors (Lipinski definition) is 4. The molecule has 0 radical (unpaired) electrons. The van der Waals surface area contributed by atoms with Gasteiger partial charge in [0.15, 0.2) is 5.82 Å². The fraction of sp³-hybridized carbons (Fsp3) is 0.176. The van der Waals surface area contributed by atoms with Gasteiger partial charge in [-0.3, -0.25) is 0 Å². The molecule has 0 atom stereocenters. The van der Waals surface area contributed by atoms with E-state index in [1.54, 1.807) is 12.1 Å². The molecule has 4 heteroatoms. The van der Waals surface area contributed by atoms with Crippen LogP contribution in [0.4, 0.5) is 0 Å². The first-order valence-corrected chi connectivity index (χ1v) is 6.80. The predicted octanol–water partition coefficient (Wildman–Crippen LogP) is 3.65. The maximum atomic E-state index is 9.95. The third kappa shape index (κ3) is 2.94. The zero-order valence-electron chi connectivity index (χ0n) is 12.0. The SMILES string of the molecule is Cc1ccc(Cc2noc(-c3ccc(C)cc3O)n2)cc1. The molecule has 1 heterocycles. The first-order valence-electron chi connectivity index (χ1n) is 6.80. The summed E-state index contributed by atoms with van der Waals surface area (Å²) in [6.45, 7) is 3.97. The molecular weight excluding hydrogens is 264 g/mol. The van der Waals surface area contributed by atoms with Gasteiger partial charge in [-0.2, -0.15) is 4.98 Å². The van der Waals surface area contributed by atoms with E-state index in [2.05, 4.69) is 41.3 Å². The number of aromatic nitrogens is 2. The van der Waals surface area contributed by atoms with Gasteiger partial charge in [0, 0.05) is 6.42 Å². The normalized spacial score (nSPS) is 10.8. The first kappa shape index (κ1) is 13.4. The second-order valence-electron chi connectivity index (χ2n) is 5.20. The van der Waals surface area contributed by atoms with Crippen molar-refractivity contribution < 1.29 is 9.63 Å². The van der Waals surface area contributed by atoms with Gasteiger partial charge < -0.3 is 9.63 Å². The Balaban J connectivity index is 1.84. The van der Waals surface area contributed by atoms with Crippen LogP contribution in [-0.2, 0) is 6.42 Å². The molecule has 4 nitrogen and oxygen atoms in total. The smallest absolute Gasteiger partial charge is 0.261 e. The molecule has 0 spiro atoms. The lowest BCUT2D eigenvalue weighted by atomic mass is 10.1. The summed E-state index contributed by atoms with van der Waals surface area (Å²) in [6.07, 6.45) is 0.608. The van der Waals surface area contributed by atoms with E-state index < -0.39 is 0 Å². The Morgan fingerprint density at radius 3 is 2.43 bits per heavy atom. The standard InChI is InChI=1S/C17H16N2O2/c1-11-3-6-13(7-4-11)10-16-18-17(21-19-16)14-8-5-12(2)9-15(14)20/h3-9,20H,10H2,1-2H3. The van der Waals surface area contributed by atoms with E-state index in [1.165, 1.54) is 5.56 Å². The Kier molecular flexibility index (Phi) is 3.44. The van der Waals surface area contributed by atoms with E-state index in [9.17, 15) is 5.11 Å². The van der Waals surface area contributed by atoms with Crippen LogP contribution in [0.1, 0.15) is 22.5 Å². The highest BCUT2D eigenvalue weighted by Crippen LogP contribution is 2.28. The minimum absolute atomic E-state index is 0.153. The molecule has 3 aromatic rings. The fourth-order valence-electron chi connectivity index (χ4n) is 2.15. The average Bonchev–Trinajstić information content (AvgIpc) is 2.90. The fourth-order valence-corrected chi connectivity index (χ4v) is 2.15. The van der Waals surface area contributed by atoms with Gasteiger partial charge in [-0.25, -0.2) is 0 Å². The van der Waals surface area contributed by atoms with E-state index in [0.29, 0.717) is 23.7 Å². The van der Waals surface area contributed by atoms with Crippen molar-refractivity contribution in [2.75, 3.05) is 0 Å². The number of phenols is 1. The lowest BCUT2D eigenvalue weighted by molar-refractivity contribution is 0.418. The Bertz CT molecular complexity index is 761. The molecule has 0 aliphatic heterocycles. The lowest BCUT2D eigenvalue weighted by Gasteiger charge is -2.00. The van der Waals surface area contributed by atoms with E-state index in [-0.39, 0.29) is 5.75 Å². The number of aromatic hydroxyl groups is 1. The number of benzene rings is 2. The minimum atomic E-state index is 0.153. The summed E-state index contributed by atoms with van der Waals surface area (Å²) in [5.41, 5.74) is 3.89. The Morgan fingerprint density at radius 2 is 1.71 bits per heavy atom. The summed E-state index contributed by atoms with van der Waals surface area (Å²) >= 11 is 0. The molecule has 3 rings (SSSR count). The summed E-state index contributed by atoms with van der Waals surface area (Å²) in [4.78, 5) is 4.35. The summed E-state index contributed by atoms with van der Waals surface area (Å²) in [5, 5.41) is 13.9. The monoisotopic (exact) mass is 280 g/mol. The highest BCUT2D eigenvalue weighted by Gasteiger charge is 2.13. The molecule has 1 N–H and O–H groups in total. The zero-order valence-corrected chi connectivity index (χ0v) is 12.0. The van der Waals surface area contributed by atoms with Crippen molar-refractivity contribution in [3.8, 4) is 17.2 Å². The molecule has 106 valence electrons. The van der Waals surface area contributed by atoms with E-state index in [1.807, 2.05) is 13.0 Å². The first-order chi connectivity index (χ1) is 10.1. The third-order valence-corrected chi connectivity index (χ3v) is 3.33. The van der Waals surface area contributed by atoms with Gasteiger partial charge in [-0.1, -0.05) is 41.1 Å². The molecule has 0 saturated heterocycles. The quantitative estimate of drug-likeness (QED) is 0.795. The van der Waals surface area contributed by atoms with Crippen molar-refractivity contribution in [3.63, 3.8) is 0 Å². The van der Waals surface area contributed by atoms with Crippen molar-refractivity contribution >= 4 is 0 Å². The van der Waals surface area contributed by atoms with Crippen molar-refractivity contribution in [2.24, 2.45) is 0 Å². The highest BCUT2D eigenvalue weighted by molar-refractivity contribution is 5.62. The lowest BCUT2D eigenvalue weighted by Crippen LogP contribution is -1.91. The van der Waals surface area contributed by atoms with Crippen LogP contribution in [0.15, 0.2) is 47.0 Å². The van der Waals surface area contributed by atoms with Gasteiger partial charge in [0.1, 0.15) is 5.75 Å². The summed E-state index contributed by atoms with van der Waals surface area (Å²) in [5.74, 6) is 1.10. The molecule has 0 bridgehead atoms. The van der Waals surface area contributed by atoms with Crippen molar-refractivity contribution in [2.45, 2.75) is 20.3 Å². The predicted molar refractivity (Wildman–Crippen MR) is 80.1 cm³/mol. The van der Waals surface area contributed by atoms with E-state index in [4.69, 9.17) is 4.52 Å². The molecule has 2 aromatic carbocycles. The van der Waals surface area contributed by atoms with Gasteiger partial charge in [-0.15, -0.1) is 0 Å². The number of hydrogen-bond donors (Lipinski definition) is 1. The van der Waals surface area contributed by atoms with E-state index >= 15 is 0 Å². The third-order valence-electron chi connectivity index (χ3n) is 3.33. The van der Waals surface area contributed by atoms with Crippen LogP contribution in [0.3, 0.4) is 0 Å². The molecule has 0 saturated carbocycles. The van der Waals surface area contributed by atoms with Crippen LogP contribution >= 0.6 is 0 Å². The summed E-state index contributed by atoms with van der Waals surface area (Å²) in [6, 6.07) is 13.6. The summed E-state index contributed by atoms with van der Waals surface area (Å²) in [7, 11) is 0. The second kappa shape index (κ2) is 5.40. The maximum absolute atomic E-state index is 9.95. The topological polar surface area (TPSA) is 59.2 Å². The van der Waals surface area contributed by atoms with Crippen molar-refractivity contribution in [1.82, 2.24) is 10.1 Å². The van der Waals surface area contributed by atoms with Gasteiger partial charge in [-0.05, 0) is 37.1 Å². The molecular formula is C17H16N2O2. The Morgan fingerprint density at radius 1 is 1.00 bits per heavy atom. The zero-order chi connectivity index (χ0) is 14.8. The molecule has 21 heavy (non-hydrogen) atoms. The molecule has 0 fully saturated rings. The molecule has 0 aliphatic carbocycles. The second-order valence-corrected chi connectivity index (χ2v) is 5.20. The van der Waals surface area contributed by atoms with Crippen molar-refractivity contribution in [1.29, 1.82) is 0 Å². The molecule has 0 unspecified atom stereocenters. The molecule has 0 aliphatic rings. The number of rotatable bonds is 3. The van der Waals surface area contributed by atoms with Gasteiger partial charge in [0.25, 0.3) is 5.89 Å². The van der Waals surface area contributed by atoms with Crippen LogP contribution in [0.5, 0.6) is 5.75 Å². The van der Waals surface area contributed by atoms with Crippen LogP contribution in [-0.4, -0.2) is 15.2 Å². The number of phenolic OH excluding ortho intramolecular Hbond substituents is 1. The maximum Gasteiger partial charge on any atom is 0.261 e. The van der Waals surface area contributed by atoms with Crippen LogP contribution in [0.2, 0.25) is 0 Å². The average molecular weight is 280 g/mol. The van der Waals surface area contributed by atoms with Crippen LogP contribution < -0.4 is 0 Å². The Labute approximate surface area is 123 Å². The Hall–Kier alpha value is -2.62. The highest BCUT2D eigenvalue weighted by atomic mass is 16.5. The van der Waals surface area contributed by atoms with E-state index in [0.717, 1.165) is 11.1 Å². The molecule has 0 amide bonds. The number of nitrogens with zero attached hydrogens (tertiary/aromatic N) is 2. The van der Waals surface area contributed by atoms with Gasteiger partial charge in [0.2, 0.25) is 0 Å². The minimum Gasteiger partial charge on any atom is -0.507 e. The van der Waals surface area contributed by atoms with Gasteiger partial charge in [0.05, 0.1) is 5.56 Å². The van der Waals surface area contributed by atoms with Crippen molar-refractivity contribution in [3.05, 3.63) is 65.0 Å². The summed E-state index contributed by atoms with van der Waals surface area (Å²) < 4.78 is 5.25. The van der Waals surface area contributed by atoms with Crippen LogP contribution in [0.25, 0.3) is 11.5 Å². The number of aryl methyl sites for hydroxylation is 2. The molecule has 1 aromatic heterocycles. The van der Waals surface area contributed by atoms with Gasteiger partial charge >= 0.3 is 0 Å².